The fourth-order valence-corrected chi connectivity index (χ4v) is 3.51. The van der Waals surface area contributed by atoms with Gasteiger partial charge in [-0.1, -0.05) is 150 Å². The summed E-state index contributed by atoms with van der Waals surface area (Å²) >= 11 is 0. The normalized spacial score (nSPS) is 14.5. The van der Waals surface area contributed by atoms with Crippen LogP contribution >= 0.6 is 0 Å². The molecule has 0 aromatic heterocycles. The van der Waals surface area contributed by atoms with E-state index in [4.69, 9.17) is 0 Å². The summed E-state index contributed by atoms with van der Waals surface area (Å²) in [6.45, 7) is 35.6. The van der Waals surface area contributed by atoms with E-state index in [0.29, 0.717) is 0 Å². The summed E-state index contributed by atoms with van der Waals surface area (Å²) < 4.78 is 0. The lowest BCUT2D eigenvalue weighted by Gasteiger charge is -2.30. The summed E-state index contributed by atoms with van der Waals surface area (Å²) in [7, 11) is 0. The Balaban J connectivity index is 8.33. The minimum atomic E-state index is 0.829. The van der Waals surface area contributed by atoms with Gasteiger partial charge in [0.2, 0.25) is 0 Å². The zero-order chi connectivity index (χ0) is 29.5. The Bertz CT molecular complexity index is 1230. The van der Waals surface area contributed by atoms with Crippen LogP contribution in [0.4, 0.5) is 0 Å². The van der Waals surface area contributed by atoms with Gasteiger partial charge < -0.3 is 4.90 Å². The van der Waals surface area contributed by atoms with Crippen molar-refractivity contribution >= 4 is 0 Å². The number of hydrogen-bond acceptors (Lipinski definition) is 1. The van der Waals surface area contributed by atoms with Crippen LogP contribution in [-0.4, -0.2) is 4.90 Å². The van der Waals surface area contributed by atoms with Gasteiger partial charge in [-0.2, -0.15) is 0 Å². The first-order chi connectivity index (χ1) is 19.0. The lowest BCUT2D eigenvalue weighted by atomic mass is 9.94. The summed E-state index contributed by atoms with van der Waals surface area (Å²) in [4.78, 5) is 2.12. The third kappa shape index (κ3) is 11.4. The molecular weight excluding hydrogens is 470 g/mol. The van der Waals surface area contributed by atoms with Crippen molar-refractivity contribution in [2.24, 2.45) is 0 Å². The number of rotatable bonds is 18. The first-order valence-corrected chi connectivity index (χ1v) is 12.6. The van der Waals surface area contributed by atoms with Gasteiger partial charge in [-0.05, 0) is 60.9 Å². The van der Waals surface area contributed by atoms with Crippen molar-refractivity contribution in [3.05, 3.63) is 220 Å². The summed E-state index contributed by atoms with van der Waals surface area (Å²) in [5.74, 6) is 0. The summed E-state index contributed by atoms with van der Waals surface area (Å²) in [6, 6.07) is 0. The predicted octanol–water partition coefficient (Wildman–Crippen LogP) is 10.8. The maximum absolute atomic E-state index is 4.23. The van der Waals surface area contributed by atoms with Crippen molar-refractivity contribution < 1.29 is 0 Å². The lowest BCUT2D eigenvalue weighted by Crippen LogP contribution is -2.21. The van der Waals surface area contributed by atoms with Gasteiger partial charge in [-0.25, -0.2) is 0 Å². The number of hydrogen-bond donors (Lipinski definition) is 0. The molecule has 0 unspecified atom stereocenters. The van der Waals surface area contributed by atoms with Gasteiger partial charge in [-0.15, -0.1) is 0 Å². The van der Waals surface area contributed by atoms with E-state index in [2.05, 4.69) is 63.6 Å². The predicted molar refractivity (Wildman–Crippen MR) is 179 cm³/mol. The topological polar surface area (TPSA) is 3.24 Å². The zero-order valence-electron chi connectivity index (χ0n) is 23.7. The van der Waals surface area contributed by atoms with Crippen molar-refractivity contribution in [2.45, 2.75) is 13.8 Å². The van der Waals surface area contributed by atoms with Gasteiger partial charge in [0.1, 0.15) is 0 Å². The van der Waals surface area contributed by atoms with Crippen molar-refractivity contribution in [3.63, 3.8) is 0 Å². The second-order valence-electron chi connectivity index (χ2n) is 7.68. The van der Waals surface area contributed by atoms with Crippen molar-refractivity contribution in [1.82, 2.24) is 4.90 Å². The van der Waals surface area contributed by atoms with E-state index in [-0.39, 0.29) is 0 Å². The van der Waals surface area contributed by atoms with Crippen LogP contribution in [0.25, 0.3) is 0 Å². The molecule has 0 aromatic rings. The fourth-order valence-electron chi connectivity index (χ4n) is 3.51. The van der Waals surface area contributed by atoms with Gasteiger partial charge in [-0.3, -0.25) is 0 Å². The second-order valence-corrected chi connectivity index (χ2v) is 7.68. The SMILES string of the molecule is C=C\C=C/C(=C\C=C)C(/C=C)=C/C(C(/C=C\C=C)=C/C=C)=C(/C=C)N(C(/C=C\C)=C/C)C(/C=C\C=C)=C/C=C. The smallest absolute Gasteiger partial charge is 0.0534 e. The Kier molecular flexibility index (Phi) is 18.6. The highest BCUT2D eigenvalue weighted by Crippen LogP contribution is 2.32. The van der Waals surface area contributed by atoms with E-state index in [1.165, 1.54) is 0 Å². The molecule has 0 aliphatic rings. The van der Waals surface area contributed by atoms with Gasteiger partial charge >= 0.3 is 0 Å². The molecule has 0 bridgehead atoms. The molecule has 0 fully saturated rings. The van der Waals surface area contributed by atoms with E-state index in [1.807, 2.05) is 98.9 Å². The van der Waals surface area contributed by atoms with E-state index in [9.17, 15) is 0 Å². The Morgan fingerprint density at radius 1 is 0.513 bits per heavy atom. The number of nitrogens with zero attached hydrogens (tertiary/aromatic N) is 1. The van der Waals surface area contributed by atoms with Gasteiger partial charge in [0.05, 0.1) is 5.70 Å². The van der Waals surface area contributed by atoms with Crippen molar-refractivity contribution in [3.8, 4) is 0 Å². The molecule has 1 nitrogen and oxygen atoms in total. The summed E-state index contributed by atoms with van der Waals surface area (Å²) in [5.41, 5.74) is 6.23. The molecule has 39 heavy (non-hydrogen) atoms. The van der Waals surface area contributed by atoms with Gasteiger partial charge in [0.15, 0.2) is 0 Å². The van der Waals surface area contributed by atoms with Crippen LogP contribution in [0.1, 0.15) is 13.8 Å². The third-order valence-electron chi connectivity index (χ3n) is 5.13. The molecule has 0 atom stereocenters. The molecule has 0 aromatic carbocycles. The van der Waals surface area contributed by atoms with E-state index >= 15 is 0 Å². The maximum Gasteiger partial charge on any atom is 0.0534 e. The Labute approximate surface area is 238 Å². The largest absolute Gasteiger partial charge is 0.310 e. The van der Waals surface area contributed by atoms with Gasteiger partial charge in [0, 0.05) is 17.0 Å². The molecule has 0 aliphatic heterocycles. The highest BCUT2D eigenvalue weighted by Gasteiger charge is 2.19. The second kappa shape index (κ2) is 21.2. The molecule has 0 aliphatic carbocycles. The molecule has 200 valence electrons. The molecule has 0 heterocycles. The zero-order valence-corrected chi connectivity index (χ0v) is 23.7. The molecular formula is C38H43N. The minimum absolute atomic E-state index is 0.829. The molecule has 0 spiro atoms. The van der Waals surface area contributed by atoms with Crippen LogP contribution in [0.5, 0.6) is 0 Å². The first kappa shape index (κ1) is 34.1. The molecule has 0 N–H and O–H groups in total. The minimum Gasteiger partial charge on any atom is -0.310 e. The average Bonchev–Trinajstić information content (AvgIpc) is 2.95. The van der Waals surface area contributed by atoms with Crippen LogP contribution in [0.3, 0.4) is 0 Å². The fraction of sp³-hybridized carbons (Fsp3) is 0.0526. The quantitative estimate of drug-likeness (QED) is 0.165. The third-order valence-corrected chi connectivity index (χ3v) is 5.13. The summed E-state index contributed by atoms with van der Waals surface area (Å²) in [6.07, 6.45) is 39.7. The van der Waals surface area contributed by atoms with Crippen LogP contribution < -0.4 is 0 Å². The lowest BCUT2D eigenvalue weighted by molar-refractivity contribution is 0.573. The van der Waals surface area contributed by atoms with Crippen LogP contribution in [0.15, 0.2) is 220 Å². The Morgan fingerprint density at radius 2 is 1.05 bits per heavy atom. The van der Waals surface area contributed by atoms with Crippen molar-refractivity contribution in [2.75, 3.05) is 0 Å². The first-order valence-electron chi connectivity index (χ1n) is 12.6. The van der Waals surface area contributed by atoms with E-state index in [1.54, 1.807) is 36.5 Å². The maximum atomic E-state index is 4.23. The van der Waals surface area contributed by atoms with Crippen LogP contribution in [0, 0.1) is 0 Å². The van der Waals surface area contributed by atoms with Crippen LogP contribution in [-0.2, 0) is 0 Å². The highest BCUT2D eigenvalue weighted by molar-refractivity contribution is 5.60. The van der Waals surface area contributed by atoms with Gasteiger partial charge in [0.25, 0.3) is 0 Å². The Morgan fingerprint density at radius 3 is 1.51 bits per heavy atom. The molecule has 0 saturated carbocycles. The van der Waals surface area contributed by atoms with E-state index in [0.717, 1.165) is 39.4 Å². The molecule has 0 amide bonds. The van der Waals surface area contributed by atoms with Crippen LogP contribution in [0.2, 0.25) is 0 Å². The average molecular weight is 514 g/mol. The molecule has 1 heteroatoms. The standard InChI is InChI=1S/C38H43N/c1-11-21-28-33(24-14-4)32(18-8)31-37(34(25-15-5)29-22-12-2)38(20-10)39(35(19-9)26-16-6)36(27-17-7)30-23-13-3/h11-31H,1-5,7-8,10H2,6,9H3/b26-16-,28-21-,29-22-,30-23-,32-31+,33-24+,34-25+,35-19+,36-27+,38-37+. The number of allylic oxidation sites excluding steroid dienone is 25. The summed E-state index contributed by atoms with van der Waals surface area (Å²) in [5, 5.41) is 0. The Hall–Kier alpha value is -4.88. The molecule has 0 radical (unpaired) electrons. The molecule has 0 rings (SSSR count). The monoisotopic (exact) mass is 513 g/mol. The molecule has 0 saturated heterocycles. The van der Waals surface area contributed by atoms with E-state index < -0.39 is 0 Å². The van der Waals surface area contributed by atoms with Crippen molar-refractivity contribution in [1.29, 1.82) is 0 Å². The highest BCUT2D eigenvalue weighted by atomic mass is 15.2.